The molecule has 1 rings (SSSR count). The lowest BCUT2D eigenvalue weighted by Gasteiger charge is -2.40. The van der Waals surface area contributed by atoms with Crippen molar-refractivity contribution >= 4 is 5.91 Å². The lowest BCUT2D eigenvalue weighted by molar-refractivity contribution is -0.302. The fraction of sp³-hybridized carbons (Fsp3) is 0.939. The van der Waals surface area contributed by atoms with E-state index in [-0.39, 0.29) is 12.5 Å². The Hall–Kier alpha value is -1.33. The van der Waals surface area contributed by atoms with Gasteiger partial charge in [-0.1, -0.05) is 423 Å². The van der Waals surface area contributed by atoms with Gasteiger partial charge < -0.3 is 40.3 Å². The third-order valence-electron chi connectivity index (χ3n) is 20.0. The van der Waals surface area contributed by atoms with E-state index in [1.807, 2.05) is 6.08 Å². The van der Waals surface area contributed by atoms with E-state index >= 15 is 0 Å². The zero-order chi connectivity index (χ0) is 65.7. The minimum atomic E-state index is -1.57. The maximum absolute atomic E-state index is 13.2. The number of nitrogens with one attached hydrogen (secondary N) is 1. The summed E-state index contributed by atoms with van der Waals surface area (Å²) in [5, 5.41) is 54.9. The Balaban J connectivity index is 2.06. The molecule has 0 bridgehead atoms. The first-order valence-corrected chi connectivity index (χ1v) is 41.1. The molecule has 0 aromatic heterocycles. The van der Waals surface area contributed by atoms with Crippen LogP contribution in [0.15, 0.2) is 24.3 Å². The molecule has 9 heteroatoms. The predicted molar refractivity (Wildman–Crippen MR) is 392 cm³/mol. The summed E-state index contributed by atoms with van der Waals surface area (Å²) in [6, 6.07) is -0.821. The molecule has 91 heavy (non-hydrogen) atoms. The van der Waals surface area contributed by atoms with Gasteiger partial charge in [0.25, 0.3) is 0 Å². The summed E-state index contributed by atoms with van der Waals surface area (Å²) in [5.41, 5.74) is 0. The van der Waals surface area contributed by atoms with Gasteiger partial charge in [-0.05, 0) is 32.1 Å². The molecule has 1 amide bonds. The van der Waals surface area contributed by atoms with Crippen molar-refractivity contribution in [3.05, 3.63) is 24.3 Å². The van der Waals surface area contributed by atoms with Crippen LogP contribution >= 0.6 is 0 Å². The summed E-state index contributed by atoms with van der Waals surface area (Å²) in [7, 11) is 0. The van der Waals surface area contributed by atoms with Crippen LogP contribution in [-0.2, 0) is 14.3 Å². The summed E-state index contributed by atoms with van der Waals surface area (Å²) in [4.78, 5) is 13.2. The van der Waals surface area contributed by atoms with Crippen LogP contribution < -0.4 is 5.32 Å². The molecule has 1 saturated heterocycles. The first-order chi connectivity index (χ1) is 44.8. The zero-order valence-corrected chi connectivity index (χ0v) is 60.9. The number of hydrogen-bond acceptors (Lipinski definition) is 8. The fourth-order valence-electron chi connectivity index (χ4n) is 13.7. The fourth-order valence-corrected chi connectivity index (χ4v) is 13.7. The van der Waals surface area contributed by atoms with E-state index in [1.165, 1.54) is 379 Å². The quantitative estimate of drug-likeness (QED) is 0.0261. The molecule has 0 aromatic rings. The number of aliphatic hydroxyl groups excluding tert-OH is 5. The molecule has 0 spiro atoms. The predicted octanol–water partition coefficient (Wildman–Crippen LogP) is 23.5. The van der Waals surface area contributed by atoms with Gasteiger partial charge in [0.15, 0.2) is 6.29 Å². The van der Waals surface area contributed by atoms with Gasteiger partial charge in [0.05, 0.1) is 25.4 Å². The number of ether oxygens (including phenoxy) is 2. The van der Waals surface area contributed by atoms with E-state index in [4.69, 9.17) is 9.47 Å². The molecular formula is C82H159NO8. The van der Waals surface area contributed by atoms with E-state index in [0.717, 1.165) is 38.5 Å². The number of carbonyl (C=O) groups is 1. The second kappa shape index (κ2) is 71.4. The van der Waals surface area contributed by atoms with Crippen molar-refractivity contribution in [1.29, 1.82) is 0 Å². The van der Waals surface area contributed by atoms with E-state index in [9.17, 15) is 30.3 Å². The minimum absolute atomic E-state index is 0.176. The number of hydrogen-bond donors (Lipinski definition) is 6. The Morgan fingerprint density at radius 3 is 0.923 bits per heavy atom. The van der Waals surface area contributed by atoms with Gasteiger partial charge in [0.1, 0.15) is 24.4 Å². The van der Waals surface area contributed by atoms with Crippen LogP contribution in [0, 0.1) is 0 Å². The van der Waals surface area contributed by atoms with Crippen LogP contribution in [0.5, 0.6) is 0 Å². The Morgan fingerprint density at radius 1 is 0.363 bits per heavy atom. The molecule has 7 atom stereocenters. The average molecular weight is 1290 g/mol. The van der Waals surface area contributed by atoms with Crippen molar-refractivity contribution in [2.45, 2.75) is 480 Å². The molecular weight excluding hydrogens is 1130 g/mol. The highest BCUT2D eigenvalue weighted by Crippen LogP contribution is 2.24. The van der Waals surface area contributed by atoms with E-state index in [2.05, 4.69) is 31.3 Å². The third kappa shape index (κ3) is 59.7. The van der Waals surface area contributed by atoms with Crippen LogP contribution in [0.1, 0.15) is 438 Å². The molecule has 0 radical (unpaired) electrons. The molecule has 1 aliphatic rings. The highest BCUT2D eigenvalue weighted by molar-refractivity contribution is 5.76. The van der Waals surface area contributed by atoms with Crippen molar-refractivity contribution in [2.24, 2.45) is 0 Å². The number of carbonyl (C=O) groups excluding carboxylic acids is 1. The number of unbranched alkanes of at least 4 members (excludes halogenated alkanes) is 62. The SMILES string of the molecule is CCCCCCCCCCCCCCCCCCCCCCCCCCCCC/C=C/CC/C=C/C(O)C(COC1OC(CO)C(O)C(O)C1O)NC(=O)CCCCCCCCCCCCCCCCCCCCCCCCCCCCCCCCCCCCC. The Bertz CT molecular complexity index is 1490. The highest BCUT2D eigenvalue weighted by atomic mass is 16.7. The molecule has 0 saturated carbocycles. The summed E-state index contributed by atoms with van der Waals surface area (Å²) in [6.07, 6.45) is 89.2. The first kappa shape index (κ1) is 87.7. The van der Waals surface area contributed by atoms with Gasteiger partial charge in [0, 0.05) is 6.42 Å². The Labute approximate surface area is 566 Å². The number of rotatable bonds is 74. The molecule has 9 nitrogen and oxygen atoms in total. The Kier molecular flexibility index (Phi) is 68.8. The number of allylic oxidation sites excluding steroid dienone is 3. The van der Waals surface area contributed by atoms with Gasteiger partial charge in [-0.25, -0.2) is 0 Å². The second-order valence-electron chi connectivity index (χ2n) is 28.9. The Morgan fingerprint density at radius 2 is 0.626 bits per heavy atom. The van der Waals surface area contributed by atoms with Crippen molar-refractivity contribution in [3.8, 4) is 0 Å². The van der Waals surface area contributed by atoms with Gasteiger partial charge >= 0.3 is 0 Å². The maximum Gasteiger partial charge on any atom is 0.220 e. The molecule has 6 N–H and O–H groups in total. The van der Waals surface area contributed by atoms with Gasteiger partial charge in [-0.15, -0.1) is 0 Å². The van der Waals surface area contributed by atoms with Crippen molar-refractivity contribution in [3.63, 3.8) is 0 Å². The first-order valence-electron chi connectivity index (χ1n) is 41.1. The van der Waals surface area contributed by atoms with Crippen LogP contribution in [0.2, 0.25) is 0 Å². The standard InChI is InChI=1S/C82H159NO8/c1-3-5-7-9-11-13-15-17-19-21-23-25-27-29-31-33-35-37-38-40-42-44-46-48-50-52-54-56-58-60-62-64-66-68-70-72-78(86)83-75(74-90-82-81(89)80(88)79(87)77(73-84)91-82)76(85)71-69-67-65-63-61-59-57-55-53-51-49-47-45-43-41-39-36-34-32-30-28-26-24-22-20-18-16-14-12-10-8-6-4-2/h61,63,69,71,75-77,79-82,84-85,87-89H,3-60,62,64-68,70,72-74H2,1-2H3,(H,83,86)/b63-61+,71-69+. The molecule has 0 aromatic carbocycles. The lowest BCUT2D eigenvalue weighted by Crippen LogP contribution is -2.60. The minimum Gasteiger partial charge on any atom is -0.394 e. The topological polar surface area (TPSA) is 149 Å². The van der Waals surface area contributed by atoms with Gasteiger partial charge in [0.2, 0.25) is 5.91 Å². The highest BCUT2D eigenvalue weighted by Gasteiger charge is 2.44. The van der Waals surface area contributed by atoms with E-state index in [0.29, 0.717) is 6.42 Å². The van der Waals surface area contributed by atoms with Crippen LogP contribution in [-0.4, -0.2) is 87.5 Å². The van der Waals surface area contributed by atoms with Crippen molar-refractivity contribution in [1.82, 2.24) is 5.32 Å². The van der Waals surface area contributed by atoms with Crippen LogP contribution in [0.3, 0.4) is 0 Å². The summed E-state index contributed by atoms with van der Waals surface area (Å²) in [6.45, 7) is 3.84. The largest absolute Gasteiger partial charge is 0.394 e. The molecule has 0 aliphatic carbocycles. The number of amides is 1. The molecule has 540 valence electrons. The maximum atomic E-state index is 13.2. The summed E-state index contributed by atoms with van der Waals surface area (Å²) >= 11 is 0. The molecule has 1 heterocycles. The van der Waals surface area contributed by atoms with Crippen LogP contribution in [0.4, 0.5) is 0 Å². The van der Waals surface area contributed by atoms with Crippen LogP contribution in [0.25, 0.3) is 0 Å². The van der Waals surface area contributed by atoms with E-state index < -0.39 is 49.5 Å². The third-order valence-corrected chi connectivity index (χ3v) is 20.0. The van der Waals surface area contributed by atoms with E-state index in [1.54, 1.807) is 6.08 Å². The van der Waals surface area contributed by atoms with Crippen molar-refractivity contribution in [2.75, 3.05) is 13.2 Å². The number of aliphatic hydroxyl groups is 5. The molecule has 1 aliphatic heterocycles. The summed E-state index contributed by atoms with van der Waals surface area (Å²) in [5.74, 6) is -0.176. The monoisotopic (exact) mass is 1290 g/mol. The normalized spacial score (nSPS) is 17.7. The molecule has 7 unspecified atom stereocenters. The van der Waals surface area contributed by atoms with Gasteiger partial charge in [-0.3, -0.25) is 4.79 Å². The second-order valence-corrected chi connectivity index (χ2v) is 28.9. The average Bonchev–Trinajstić information content (AvgIpc) is 1.56. The lowest BCUT2D eigenvalue weighted by atomic mass is 9.99. The van der Waals surface area contributed by atoms with Gasteiger partial charge in [-0.2, -0.15) is 0 Å². The summed E-state index contributed by atoms with van der Waals surface area (Å²) < 4.78 is 11.3. The molecule has 1 fully saturated rings. The smallest absolute Gasteiger partial charge is 0.220 e. The zero-order valence-electron chi connectivity index (χ0n) is 60.9. The van der Waals surface area contributed by atoms with Crippen molar-refractivity contribution < 1.29 is 39.8 Å².